The molecule has 0 radical (unpaired) electrons. The molecule has 0 fully saturated rings. The highest BCUT2D eigenvalue weighted by Crippen LogP contribution is 2.18. The van der Waals surface area contributed by atoms with Crippen LogP contribution in [0.5, 0.6) is 5.75 Å². The normalized spacial score (nSPS) is 11.8. The molecule has 1 heterocycles. The van der Waals surface area contributed by atoms with E-state index >= 15 is 0 Å². The van der Waals surface area contributed by atoms with Crippen molar-refractivity contribution in [2.45, 2.75) is 39.7 Å². The van der Waals surface area contributed by atoms with Crippen LogP contribution in [0.15, 0.2) is 30.3 Å². The summed E-state index contributed by atoms with van der Waals surface area (Å²) in [6.45, 7) is 7.04. The first-order valence-corrected chi connectivity index (χ1v) is 8.10. The predicted molar refractivity (Wildman–Crippen MR) is 95.3 cm³/mol. The van der Waals surface area contributed by atoms with Gasteiger partial charge in [0.05, 0.1) is 7.11 Å². The topological polar surface area (TPSA) is 59.1 Å². The predicted octanol–water partition coefficient (Wildman–Crippen LogP) is 3.66. The largest absolute Gasteiger partial charge is 0.496 e. The van der Waals surface area contributed by atoms with Crippen LogP contribution in [0.25, 0.3) is 0 Å². The van der Waals surface area contributed by atoms with Crippen LogP contribution in [0.4, 0.5) is 11.8 Å². The molecule has 23 heavy (non-hydrogen) atoms. The van der Waals surface area contributed by atoms with Crippen LogP contribution < -0.4 is 15.4 Å². The number of ether oxygens (including phenoxy) is 1. The molecule has 0 aliphatic rings. The molecule has 0 aliphatic carbocycles. The van der Waals surface area contributed by atoms with Gasteiger partial charge in [-0.2, -0.15) is 4.98 Å². The quantitative estimate of drug-likeness (QED) is 0.779. The number of para-hydroxylation sites is 1. The fourth-order valence-electron chi connectivity index (χ4n) is 2.28. The van der Waals surface area contributed by atoms with E-state index in [2.05, 4.69) is 40.5 Å². The molecule has 0 bridgehead atoms. The lowest BCUT2D eigenvalue weighted by Gasteiger charge is -2.14. The Bertz CT molecular complexity index is 630. The van der Waals surface area contributed by atoms with Crippen LogP contribution in [0.1, 0.15) is 31.5 Å². The number of nitrogens with one attached hydrogen (secondary N) is 2. The summed E-state index contributed by atoms with van der Waals surface area (Å²) in [5.74, 6) is 2.45. The maximum Gasteiger partial charge on any atom is 0.225 e. The summed E-state index contributed by atoms with van der Waals surface area (Å²) in [6, 6.07) is 10.4. The van der Waals surface area contributed by atoms with Crippen LogP contribution >= 0.6 is 0 Å². The number of hydrogen-bond donors (Lipinski definition) is 2. The van der Waals surface area contributed by atoms with E-state index in [9.17, 15) is 0 Å². The standard InChI is InChI=1S/C18H26N4O/c1-5-13(2)20-18-21-14(3)12-17(22-18)19-11-10-15-8-6-7-9-16(15)23-4/h6-9,12-13H,5,10-11H2,1-4H3,(H2,19,20,21,22). The highest BCUT2D eigenvalue weighted by Gasteiger charge is 2.06. The van der Waals surface area contributed by atoms with Crippen molar-refractivity contribution in [3.8, 4) is 5.75 Å². The number of aryl methyl sites for hydroxylation is 1. The van der Waals surface area contributed by atoms with Gasteiger partial charge in [-0.25, -0.2) is 4.98 Å². The van der Waals surface area contributed by atoms with Crippen molar-refractivity contribution in [3.63, 3.8) is 0 Å². The molecule has 0 aliphatic heterocycles. The molecule has 124 valence electrons. The van der Waals surface area contributed by atoms with Crippen LogP contribution in [0, 0.1) is 6.92 Å². The first kappa shape index (κ1) is 17.1. The fourth-order valence-corrected chi connectivity index (χ4v) is 2.28. The molecule has 5 heteroatoms. The van der Waals surface area contributed by atoms with Crippen molar-refractivity contribution in [1.82, 2.24) is 9.97 Å². The Morgan fingerprint density at radius 3 is 2.74 bits per heavy atom. The summed E-state index contributed by atoms with van der Waals surface area (Å²) < 4.78 is 5.38. The van der Waals surface area contributed by atoms with E-state index in [1.54, 1.807) is 7.11 Å². The van der Waals surface area contributed by atoms with E-state index in [0.29, 0.717) is 12.0 Å². The number of rotatable bonds is 8. The van der Waals surface area contributed by atoms with Crippen molar-refractivity contribution in [2.24, 2.45) is 0 Å². The summed E-state index contributed by atoms with van der Waals surface area (Å²) in [5.41, 5.74) is 2.14. The second-order valence-corrected chi connectivity index (χ2v) is 5.66. The zero-order chi connectivity index (χ0) is 16.7. The average Bonchev–Trinajstić information content (AvgIpc) is 2.54. The van der Waals surface area contributed by atoms with Crippen molar-refractivity contribution in [1.29, 1.82) is 0 Å². The lowest BCUT2D eigenvalue weighted by Crippen LogP contribution is -2.17. The van der Waals surface area contributed by atoms with Gasteiger partial charge in [0.1, 0.15) is 11.6 Å². The molecule has 0 saturated heterocycles. The minimum atomic E-state index is 0.359. The third kappa shape index (κ3) is 5.13. The van der Waals surface area contributed by atoms with Crippen molar-refractivity contribution >= 4 is 11.8 Å². The molecular weight excluding hydrogens is 288 g/mol. The first-order chi connectivity index (χ1) is 11.1. The van der Waals surface area contributed by atoms with Crippen LogP contribution in [0.3, 0.4) is 0 Å². The smallest absolute Gasteiger partial charge is 0.225 e. The number of hydrogen-bond acceptors (Lipinski definition) is 5. The van der Waals surface area contributed by atoms with E-state index in [1.165, 1.54) is 5.56 Å². The van der Waals surface area contributed by atoms with Crippen LogP contribution in [0.2, 0.25) is 0 Å². The lowest BCUT2D eigenvalue weighted by molar-refractivity contribution is 0.410. The van der Waals surface area contributed by atoms with Crippen molar-refractivity contribution < 1.29 is 4.74 Å². The Morgan fingerprint density at radius 2 is 2.00 bits per heavy atom. The third-order valence-electron chi connectivity index (χ3n) is 3.74. The summed E-state index contributed by atoms with van der Waals surface area (Å²) in [5, 5.41) is 6.69. The Labute approximate surface area is 138 Å². The zero-order valence-electron chi connectivity index (χ0n) is 14.4. The highest BCUT2D eigenvalue weighted by atomic mass is 16.5. The van der Waals surface area contributed by atoms with Gasteiger partial charge in [0.15, 0.2) is 0 Å². The maximum atomic E-state index is 5.38. The Morgan fingerprint density at radius 1 is 1.22 bits per heavy atom. The van der Waals surface area contributed by atoms with Gasteiger partial charge in [0.2, 0.25) is 5.95 Å². The number of methoxy groups -OCH3 is 1. The summed E-state index contributed by atoms with van der Waals surface area (Å²) in [7, 11) is 1.70. The molecule has 2 aromatic rings. The molecule has 2 rings (SSSR count). The Kier molecular flexibility index (Phi) is 6.20. The molecule has 0 amide bonds. The van der Waals surface area contributed by atoms with Gasteiger partial charge in [-0.15, -0.1) is 0 Å². The molecule has 0 spiro atoms. The van der Waals surface area contributed by atoms with E-state index in [-0.39, 0.29) is 0 Å². The molecule has 1 aromatic carbocycles. The number of nitrogens with zero attached hydrogens (tertiary/aromatic N) is 2. The summed E-state index contributed by atoms with van der Waals surface area (Å²) in [6.07, 6.45) is 1.91. The Balaban J connectivity index is 1.97. The van der Waals surface area contributed by atoms with E-state index < -0.39 is 0 Å². The van der Waals surface area contributed by atoms with Gasteiger partial charge in [0.25, 0.3) is 0 Å². The first-order valence-electron chi connectivity index (χ1n) is 8.10. The van der Waals surface area contributed by atoms with Crippen molar-refractivity contribution in [2.75, 3.05) is 24.3 Å². The van der Waals surface area contributed by atoms with Gasteiger partial charge < -0.3 is 15.4 Å². The summed E-state index contributed by atoms with van der Waals surface area (Å²) >= 11 is 0. The zero-order valence-corrected chi connectivity index (χ0v) is 14.4. The SMILES string of the molecule is CCC(C)Nc1nc(C)cc(NCCc2ccccc2OC)n1. The minimum Gasteiger partial charge on any atom is -0.496 e. The van der Waals surface area contributed by atoms with Gasteiger partial charge >= 0.3 is 0 Å². The monoisotopic (exact) mass is 314 g/mol. The van der Waals surface area contributed by atoms with Gasteiger partial charge in [-0.05, 0) is 38.3 Å². The van der Waals surface area contributed by atoms with Crippen molar-refractivity contribution in [3.05, 3.63) is 41.6 Å². The number of aromatic nitrogens is 2. The number of benzene rings is 1. The summed E-state index contributed by atoms with van der Waals surface area (Å²) in [4.78, 5) is 8.96. The Hall–Kier alpha value is -2.30. The molecular formula is C18H26N4O. The molecule has 0 saturated carbocycles. The van der Waals surface area contributed by atoms with E-state index in [4.69, 9.17) is 4.74 Å². The third-order valence-corrected chi connectivity index (χ3v) is 3.74. The highest BCUT2D eigenvalue weighted by molar-refractivity contribution is 5.43. The second kappa shape index (κ2) is 8.36. The minimum absolute atomic E-state index is 0.359. The van der Waals surface area contributed by atoms with E-state index in [0.717, 1.165) is 36.6 Å². The van der Waals surface area contributed by atoms with E-state index in [1.807, 2.05) is 31.2 Å². The average molecular weight is 314 g/mol. The number of anilines is 2. The maximum absolute atomic E-state index is 5.38. The van der Waals surface area contributed by atoms with Crippen LogP contribution in [-0.2, 0) is 6.42 Å². The molecule has 5 nitrogen and oxygen atoms in total. The van der Waals surface area contributed by atoms with Gasteiger partial charge in [-0.3, -0.25) is 0 Å². The second-order valence-electron chi connectivity index (χ2n) is 5.66. The molecule has 1 aromatic heterocycles. The van der Waals surface area contributed by atoms with Crippen LogP contribution in [-0.4, -0.2) is 29.7 Å². The molecule has 1 atom stereocenters. The molecule has 2 N–H and O–H groups in total. The van der Waals surface area contributed by atoms with Gasteiger partial charge in [0, 0.05) is 24.3 Å². The van der Waals surface area contributed by atoms with Gasteiger partial charge in [-0.1, -0.05) is 25.1 Å². The fraction of sp³-hybridized carbons (Fsp3) is 0.444. The molecule has 1 unspecified atom stereocenters. The lowest BCUT2D eigenvalue weighted by atomic mass is 10.1.